The van der Waals surface area contributed by atoms with Crippen LogP contribution in [0.3, 0.4) is 0 Å². The summed E-state index contributed by atoms with van der Waals surface area (Å²) in [7, 11) is 2.20. The highest BCUT2D eigenvalue weighted by atomic mass is 16.5. The molecule has 3 aromatic rings. The maximum absolute atomic E-state index is 12.2. The topological polar surface area (TPSA) is 79.4 Å². The Morgan fingerprint density at radius 3 is 2.80 bits per heavy atom. The summed E-state index contributed by atoms with van der Waals surface area (Å²) >= 11 is 0. The lowest BCUT2D eigenvalue weighted by molar-refractivity contribution is -0.111. The van der Waals surface area contributed by atoms with Crippen LogP contribution < -0.4 is 15.4 Å². The second-order valence-corrected chi connectivity index (χ2v) is 9.52. The minimum Gasteiger partial charge on any atom is -0.491 e. The van der Waals surface area contributed by atoms with Crippen LogP contribution in [0.2, 0.25) is 0 Å². The van der Waals surface area contributed by atoms with Crippen LogP contribution in [0.15, 0.2) is 55.4 Å². The van der Waals surface area contributed by atoms with E-state index in [1.54, 1.807) is 0 Å². The molecule has 2 fully saturated rings. The number of amides is 1. The summed E-state index contributed by atoms with van der Waals surface area (Å²) < 4.78 is 6.29. The van der Waals surface area contributed by atoms with Gasteiger partial charge in [0.15, 0.2) is 0 Å². The average Bonchev–Trinajstić information content (AvgIpc) is 3.40. The molecule has 7 nitrogen and oxygen atoms in total. The standard InChI is InChI=1S/C28H29N5O2/c1-4-18-7-6-8-22(11-18)31-28-23-12-25(32-27(34)5-2)26(13-24(23)29-17-30-28)35-16-19-9-20-14-33(3)15-21(20)10-19/h1,5-8,11-13,17,19-21H,2,9-10,14-16H2,3H3,(H,32,34)(H,29,30,31). The number of hydrogen-bond acceptors (Lipinski definition) is 6. The molecule has 1 saturated heterocycles. The van der Waals surface area contributed by atoms with E-state index in [9.17, 15) is 4.79 Å². The predicted octanol–water partition coefficient (Wildman–Crippen LogP) is 4.45. The Morgan fingerprint density at radius 2 is 2.06 bits per heavy atom. The van der Waals surface area contributed by atoms with Gasteiger partial charge in [0.2, 0.25) is 5.91 Å². The van der Waals surface area contributed by atoms with Crippen LogP contribution in [0.25, 0.3) is 10.9 Å². The van der Waals surface area contributed by atoms with Crippen molar-refractivity contribution in [3.63, 3.8) is 0 Å². The molecule has 2 aromatic carbocycles. The molecule has 2 N–H and O–H groups in total. The Morgan fingerprint density at radius 1 is 1.26 bits per heavy atom. The first-order chi connectivity index (χ1) is 17.0. The van der Waals surface area contributed by atoms with E-state index in [1.807, 2.05) is 36.4 Å². The van der Waals surface area contributed by atoms with Crippen molar-refractivity contribution < 1.29 is 9.53 Å². The van der Waals surface area contributed by atoms with Crippen molar-refractivity contribution in [1.29, 1.82) is 0 Å². The van der Waals surface area contributed by atoms with Crippen LogP contribution >= 0.6 is 0 Å². The molecule has 1 amide bonds. The molecule has 0 spiro atoms. The molecular formula is C28H29N5O2. The van der Waals surface area contributed by atoms with Gasteiger partial charge in [-0.25, -0.2) is 9.97 Å². The van der Waals surface area contributed by atoms with Gasteiger partial charge in [0, 0.05) is 35.8 Å². The SMILES string of the molecule is C#Cc1cccc(Nc2ncnc3cc(OCC4CC5CN(C)CC5C4)c(NC(=O)C=C)cc23)c1. The zero-order valence-corrected chi connectivity index (χ0v) is 19.8. The van der Waals surface area contributed by atoms with Gasteiger partial charge in [0.05, 0.1) is 17.8 Å². The number of ether oxygens (including phenoxy) is 1. The number of carbonyl (C=O) groups is 1. The number of nitrogens with one attached hydrogen (secondary N) is 2. The fraction of sp³-hybridized carbons (Fsp3) is 0.321. The largest absolute Gasteiger partial charge is 0.491 e. The predicted molar refractivity (Wildman–Crippen MR) is 139 cm³/mol. The number of rotatable bonds is 7. The number of benzene rings is 2. The summed E-state index contributed by atoms with van der Waals surface area (Å²) in [4.78, 5) is 23.5. The highest BCUT2D eigenvalue weighted by Gasteiger charge is 2.39. The van der Waals surface area contributed by atoms with E-state index >= 15 is 0 Å². The molecule has 1 aliphatic heterocycles. The Kier molecular flexibility index (Phi) is 6.39. The van der Waals surface area contributed by atoms with Crippen molar-refractivity contribution >= 4 is 34.0 Å². The second-order valence-electron chi connectivity index (χ2n) is 9.52. The fourth-order valence-corrected chi connectivity index (χ4v) is 5.41. The molecular weight excluding hydrogens is 438 g/mol. The first kappa shape index (κ1) is 22.9. The summed E-state index contributed by atoms with van der Waals surface area (Å²) in [5.41, 5.74) is 2.86. The van der Waals surface area contributed by atoms with Gasteiger partial charge in [-0.2, -0.15) is 0 Å². The Hall–Kier alpha value is -3.89. The van der Waals surface area contributed by atoms with Gasteiger partial charge < -0.3 is 20.3 Å². The van der Waals surface area contributed by atoms with Gasteiger partial charge in [-0.1, -0.05) is 18.6 Å². The third-order valence-corrected chi connectivity index (χ3v) is 6.98. The van der Waals surface area contributed by atoms with Crippen molar-refractivity contribution in [3.05, 3.63) is 60.9 Å². The first-order valence-corrected chi connectivity index (χ1v) is 11.9. The van der Waals surface area contributed by atoms with E-state index in [2.05, 4.69) is 45.0 Å². The molecule has 0 radical (unpaired) electrons. The third-order valence-electron chi connectivity index (χ3n) is 6.98. The van der Waals surface area contributed by atoms with Crippen molar-refractivity contribution in [2.75, 3.05) is 37.4 Å². The highest BCUT2D eigenvalue weighted by molar-refractivity contribution is 6.03. The molecule has 1 aliphatic carbocycles. The molecule has 1 aromatic heterocycles. The molecule has 2 aliphatic rings. The quantitative estimate of drug-likeness (QED) is 0.395. The minimum atomic E-state index is -0.305. The number of hydrogen-bond donors (Lipinski definition) is 2. The molecule has 2 atom stereocenters. The maximum atomic E-state index is 12.2. The normalized spacial score (nSPS) is 21.3. The summed E-state index contributed by atoms with van der Waals surface area (Å²) in [5, 5.41) is 6.95. The summed E-state index contributed by atoms with van der Waals surface area (Å²) in [6.07, 6.45) is 10.7. The molecule has 2 unspecified atom stereocenters. The fourth-order valence-electron chi connectivity index (χ4n) is 5.41. The van der Waals surface area contributed by atoms with Crippen LogP contribution in [0, 0.1) is 30.1 Å². The lowest BCUT2D eigenvalue weighted by Gasteiger charge is -2.18. The van der Waals surface area contributed by atoms with E-state index in [1.165, 1.54) is 38.3 Å². The van der Waals surface area contributed by atoms with E-state index in [-0.39, 0.29) is 5.91 Å². The highest BCUT2D eigenvalue weighted by Crippen LogP contribution is 2.42. The van der Waals surface area contributed by atoms with Gasteiger partial charge in [-0.05, 0) is 68.0 Å². The van der Waals surface area contributed by atoms with Crippen molar-refractivity contribution in [2.45, 2.75) is 12.8 Å². The second kappa shape index (κ2) is 9.77. The number of carbonyl (C=O) groups excluding carboxylic acids is 1. The van der Waals surface area contributed by atoms with Gasteiger partial charge in [0.25, 0.3) is 0 Å². The molecule has 2 heterocycles. The number of aromatic nitrogens is 2. The Labute approximate surface area is 205 Å². The third kappa shape index (κ3) is 4.98. The van der Waals surface area contributed by atoms with Crippen molar-refractivity contribution in [2.24, 2.45) is 17.8 Å². The van der Waals surface area contributed by atoms with Gasteiger partial charge in [-0.3, -0.25) is 4.79 Å². The number of fused-ring (bicyclic) bond motifs is 2. The number of anilines is 3. The Balaban J connectivity index is 1.41. The number of nitrogens with zero attached hydrogens (tertiary/aromatic N) is 3. The van der Waals surface area contributed by atoms with Gasteiger partial charge >= 0.3 is 0 Å². The van der Waals surface area contributed by atoms with Gasteiger partial charge in [-0.15, -0.1) is 6.42 Å². The van der Waals surface area contributed by atoms with Gasteiger partial charge in [0.1, 0.15) is 17.9 Å². The average molecular weight is 468 g/mol. The molecule has 35 heavy (non-hydrogen) atoms. The van der Waals surface area contributed by atoms with E-state index < -0.39 is 0 Å². The van der Waals surface area contributed by atoms with E-state index in [0.29, 0.717) is 35.3 Å². The molecule has 7 heteroatoms. The Bertz CT molecular complexity index is 1300. The summed E-state index contributed by atoms with van der Waals surface area (Å²) in [6.45, 7) is 6.55. The molecule has 178 valence electrons. The van der Waals surface area contributed by atoms with Crippen LogP contribution in [-0.2, 0) is 4.79 Å². The van der Waals surface area contributed by atoms with E-state index in [0.717, 1.165) is 28.5 Å². The number of likely N-dealkylation sites (tertiary alicyclic amines) is 1. The number of terminal acetylenes is 1. The van der Waals surface area contributed by atoms with Crippen molar-refractivity contribution in [3.8, 4) is 18.1 Å². The molecule has 5 rings (SSSR count). The van der Waals surface area contributed by atoms with Crippen LogP contribution in [0.5, 0.6) is 5.75 Å². The van der Waals surface area contributed by atoms with Crippen LogP contribution in [0.4, 0.5) is 17.2 Å². The lowest BCUT2D eigenvalue weighted by Crippen LogP contribution is -2.18. The first-order valence-electron chi connectivity index (χ1n) is 11.9. The smallest absolute Gasteiger partial charge is 0.247 e. The monoisotopic (exact) mass is 467 g/mol. The van der Waals surface area contributed by atoms with Crippen molar-refractivity contribution in [1.82, 2.24) is 14.9 Å². The summed E-state index contributed by atoms with van der Waals surface area (Å²) in [6, 6.07) is 11.3. The zero-order valence-electron chi connectivity index (χ0n) is 19.8. The van der Waals surface area contributed by atoms with E-state index in [4.69, 9.17) is 11.2 Å². The zero-order chi connectivity index (χ0) is 24.4. The lowest BCUT2D eigenvalue weighted by atomic mass is 10.0. The van der Waals surface area contributed by atoms with Crippen LogP contribution in [0.1, 0.15) is 18.4 Å². The minimum absolute atomic E-state index is 0.305. The molecule has 0 bridgehead atoms. The summed E-state index contributed by atoms with van der Waals surface area (Å²) in [5.74, 6) is 5.58. The molecule has 1 saturated carbocycles. The maximum Gasteiger partial charge on any atom is 0.247 e. The van der Waals surface area contributed by atoms with Crippen LogP contribution in [-0.4, -0.2) is 47.5 Å².